The van der Waals surface area contributed by atoms with E-state index in [0.29, 0.717) is 11.8 Å². The van der Waals surface area contributed by atoms with E-state index in [1.165, 1.54) is 18.6 Å². The van der Waals surface area contributed by atoms with E-state index in [-0.39, 0.29) is 30.0 Å². The molecule has 2 heterocycles. The van der Waals surface area contributed by atoms with Crippen LogP contribution < -0.4 is 5.32 Å². The van der Waals surface area contributed by atoms with Crippen LogP contribution in [0, 0.1) is 11.2 Å². The molecule has 23 heavy (non-hydrogen) atoms. The lowest BCUT2D eigenvalue weighted by Gasteiger charge is -2.39. The van der Waals surface area contributed by atoms with E-state index in [4.69, 9.17) is 0 Å². The fraction of sp³-hybridized carbons (Fsp3) is 0.611. The smallest absolute Gasteiger partial charge is 0.223 e. The van der Waals surface area contributed by atoms with Crippen LogP contribution in [-0.4, -0.2) is 37.0 Å². The lowest BCUT2D eigenvalue weighted by atomic mass is 9.77. The summed E-state index contributed by atoms with van der Waals surface area (Å²) in [6.07, 6.45) is 4.01. The highest BCUT2D eigenvalue weighted by Gasteiger charge is 2.38. The van der Waals surface area contributed by atoms with Gasteiger partial charge in [-0.25, -0.2) is 4.39 Å². The second-order valence-electron chi connectivity index (χ2n) is 6.96. The average Bonchev–Trinajstić information content (AvgIpc) is 2.96. The quantitative estimate of drug-likeness (QED) is 0.915. The van der Waals surface area contributed by atoms with Crippen LogP contribution in [0.25, 0.3) is 0 Å². The maximum Gasteiger partial charge on any atom is 0.223 e. The molecular formula is C18H26ClFN2O. The van der Waals surface area contributed by atoms with Crippen molar-refractivity contribution in [3.05, 3.63) is 35.6 Å². The van der Waals surface area contributed by atoms with Gasteiger partial charge in [0.05, 0.1) is 0 Å². The summed E-state index contributed by atoms with van der Waals surface area (Å²) in [7, 11) is 0. The number of benzene rings is 1. The molecule has 1 unspecified atom stereocenters. The minimum atomic E-state index is -0.228. The molecule has 5 heteroatoms. The number of hydrogen-bond acceptors (Lipinski definition) is 2. The molecule has 0 aromatic heterocycles. The Kier molecular flexibility index (Phi) is 6.04. The second kappa shape index (κ2) is 7.63. The molecule has 0 bridgehead atoms. The Morgan fingerprint density at radius 3 is 2.48 bits per heavy atom. The largest absolute Gasteiger partial charge is 0.343 e. The summed E-state index contributed by atoms with van der Waals surface area (Å²) in [5.41, 5.74) is 1.47. The van der Waals surface area contributed by atoms with Gasteiger partial charge in [-0.3, -0.25) is 4.79 Å². The number of carbonyl (C=O) groups is 1. The third kappa shape index (κ3) is 4.24. The molecule has 3 rings (SSSR count). The molecule has 2 fully saturated rings. The topological polar surface area (TPSA) is 32.3 Å². The van der Waals surface area contributed by atoms with Crippen LogP contribution in [0.1, 0.15) is 44.1 Å². The zero-order chi connectivity index (χ0) is 15.6. The Morgan fingerprint density at radius 1 is 1.26 bits per heavy atom. The first-order valence-electron chi connectivity index (χ1n) is 8.32. The van der Waals surface area contributed by atoms with Crippen LogP contribution in [0.4, 0.5) is 4.39 Å². The van der Waals surface area contributed by atoms with E-state index in [1.54, 1.807) is 12.1 Å². The van der Waals surface area contributed by atoms with Gasteiger partial charge < -0.3 is 10.2 Å². The number of amides is 1. The van der Waals surface area contributed by atoms with E-state index in [9.17, 15) is 9.18 Å². The SMILES string of the molecule is CC(CC(=O)N1CCC2(CCNC2)CC1)c1ccc(F)cc1.Cl. The molecule has 128 valence electrons. The van der Waals surface area contributed by atoms with Crippen molar-refractivity contribution in [2.75, 3.05) is 26.2 Å². The van der Waals surface area contributed by atoms with E-state index >= 15 is 0 Å². The van der Waals surface area contributed by atoms with Crippen molar-refractivity contribution in [2.24, 2.45) is 5.41 Å². The van der Waals surface area contributed by atoms with Gasteiger partial charge in [-0.1, -0.05) is 19.1 Å². The molecule has 2 aliphatic rings. The van der Waals surface area contributed by atoms with Crippen LogP contribution in [0.15, 0.2) is 24.3 Å². The number of nitrogens with one attached hydrogen (secondary N) is 1. The molecule has 3 nitrogen and oxygen atoms in total. The first-order valence-corrected chi connectivity index (χ1v) is 8.32. The highest BCUT2D eigenvalue weighted by molar-refractivity contribution is 5.85. The minimum absolute atomic E-state index is 0. The van der Waals surface area contributed by atoms with Crippen molar-refractivity contribution < 1.29 is 9.18 Å². The van der Waals surface area contributed by atoms with Gasteiger partial charge in [-0.05, 0) is 54.8 Å². The molecule has 2 aliphatic heterocycles. The number of halogens is 2. The van der Waals surface area contributed by atoms with Gasteiger partial charge in [-0.2, -0.15) is 0 Å². The third-order valence-electron chi connectivity index (χ3n) is 5.43. The van der Waals surface area contributed by atoms with Gasteiger partial charge in [0, 0.05) is 26.1 Å². The van der Waals surface area contributed by atoms with Gasteiger partial charge in [0.25, 0.3) is 0 Å². The fourth-order valence-corrected chi connectivity index (χ4v) is 3.75. The molecule has 0 saturated carbocycles. The van der Waals surface area contributed by atoms with E-state index < -0.39 is 0 Å². The summed E-state index contributed by atoms with van der Waals surface area (Å²) in [6, 6.07) is 6.49. The highest BCUT2D eigenvalue weighted by atomic mass is 35.5. The lowest BCUT2D eigenvalue weighted by Crippen LogP contribution is -2.44. The van der Waals surface area contributed by atoms with Gasteiger partial charge >= 0.3 is 0 Å². The number of rotatable bonds is 3. The lowest BCUT2D eigenvalue weighted by molar-refractivity contribution is -0.133. The van der Waals surface area contributed by atoms with Crippen LogP contribution >= 0.6 is 12.4 Å². The molecule has 0 aliphatic carbocycles. The molecule has 1 aromatic rings. The summed E-state index contributed by atoms with van der Waals surface area (Å²) in [5, 5.41) is 3.45. The zero-order valence-electron chi connectivity index (χ0n) is 13.7. The van der Waals surface area contributed by atoms with Gasteiger partial charge in [-0.15, -0.1) is 12.4 Å². The van der Waals surface area contributed by atoms with E-state index in [1.807, 2.05) is 11.8 Å². The van der Waals surface area contributed by atoms with Crippen LogP contribution in [0.2, 0.25) is 0 Å². The van der Waals surface area contributed by atoms with Crippen molar-refractivity contribution in [3.63, 3.8) is 0 Å². The molecular weight excluding hydrogens is 315 g/mol. The monoisotopic (exact) mass is 340 g/mol. The van der Waals surface area contributed by atoms with E-state index in [2.05, 4.69) is 5.32 Å². The van der Waals surface area contributed by atoms with Crippen LogP contribution in [-0.2, 0) is 4.79 Å². The number of likely N-dealkylation sites (tertiary alicyclic amines) is 1. The molecule has 1 N–H and O–H groups in total. The van der Waals surface area contributed by atoms with Crippen molar-refractivity contribution in [2.45, 2.75) is 38.5 Å². The Morgan fingerprint density at radius 2 is 1.91 bits per heavy atom. The second-order valence-corrected chi connectivity index (χ2v) is 6.96. The number of nitrogens with zero attached hydrogens (tertiary/aromatic N) is 1. The van der Waals surface area contributed by atoms with Crippen molar-refractivity contribution >= 4 is 18.3 Å². The van der Waals surface area contributed by atoms with E-state index in [0.717, 1.165) is 44.6 Å². The van der Waals surface area contributed by atoms with Crippen molar-refractivity contribution in [1.29, 1.82) is 0 Å². The first-order chi connectivity index (χ1) is 10.6. The molecule has 1 spiro atoms. The standard InChI is InChI=1S/C18H25FN2O.ClH/c1-14(15-2-4-16(19)5-3-15)12-17(22)21-10-7-18(8-11-21)6-9-20-13-18;/h2-5,14,20H,6-13H2,1H3;1H. The summed E-state index contributed by atoms with van der Waals surface area (Å²) < 4.78 is 13.0. The normalized spacial score (nSPS) is 21.0. The number of piperidine rings is 1. The molecule has 0 radical (unpaired) electrons. The highest BCUT2D eigenvalue weighted by Crippen LogP contribution is 2.37. The summed E-state index contributed by atoms with van der Waals surface area (Å²) in [4.78, 5) is 14.5. The molecule has 2 saturated heterocycles. The Balaban J connectivity index is 0.00000192. The summed E-state index contributed by atoms with van der Waals surface area (Å²) >= 11 is 0. The number of hydrogen-bond donors (Lipinski definition) is 1. The van der Waals surface area contributed by atoms with Crippen molar-refractivity contribution in [1.82, 2.24) is 10.2 Å². The van der Waals surface area contributed by atoms with Crippen molar-refractivity contribution in [3.8, 4) is 0 Å². The van der Waals surface area contributed by atoms with Gasteiger partial charge in [0.2, 0.25) is 5.91 Å². The maximum absolute atomic E-state index is 13.0. The Labute approximate surface area is 144 Å². The summed E-state index contributed by atoms with van der Waals surface area (Å²) in [6.45, 7) is 6.04. The number of carbonyl (C=O) groups excluding carboxylic acids is 1. The van der Waals surface area contributed by atoms with Gasteiger partial charge in [0.15, 0.2) is 0 Å². The minimum Gasteiger partial charge on any atom is -0.343 e. The third-order valence-corrected chi connectivity index (χ3v) is 5.43. The predicted molar refractivity (Wildman–Crippen MR) is 92.4 cm³/mol. The summed E-state index contributed by atoms with van der Waals surface area (Å²) in [5.74, 6) is 0.142. The fourth-order valence-electron chi connectivity index (χ4n) is 3.75. The van der Waals surface area contributed by atoms with Gasteiger partial charge in [0.1, 0.15) is 5.82 Å². The average molecular weight is 341 g/mol. The predicted octanol–water partition coefficient (Wildman–Crippen LogP) is 3.34. The zero-order valence-corrected chi connectivity index (χ0v) is 14.5. The Bertz CT molecular complexity index is 518. The van der Waals surface area contributed by atoms with Crippen LogP contribution in [0.5, 0.6) is 0 Å². The molecule has 1 atom stereocenters. The Hall–Kier alpha value is -1.13. The van der Waals surface area contributed by atoms with Crippen LogP contribution in [0.3, 0.4) is 0 Å². The maximum atomic E-state index is 13.0. The molecule has 1 aromatic carbocycles. The molecule has 1 amide bonds. The first kappa shape index (κ1) is 18.2.